The average Bonchev–Trinajstić information content (AvgIpc) is 2.65. The summed E-state index contributed by atoms with van der Waals surface area (Å²) in [6.45, 7) is 6.89. The Labute approximate surface area is 166 Å². The average molecular weight is 379 g/mol. The van der Waals surface area contributed by atoms with Crippen molar-refractivity contribution in [3.8, 4) is 11.8 Å². The zero-order chi connectivity index (χ0) is 19.3. The molecule has 0 amide bonds. The Kier molecular flexibility index (Phi) is 6.29. The Morgan fingerprint density at radius 1 is 1.15 bits per heavy atom. The SMILES string of the molecule is CCOC(=O)CCc1cccc(C#Cc2ccc3c(c2)C(C)(C)CCS3)c1. The zero-order valence-electron chi connectivity index (χ0n) is 16.3. The first-order valence-electron chi connectivity index (χ1n) is 9.52. The van der Waals surface area contributed by atoms with E-state index in [2.05, 4.69) is 50.0 Å². The van der Waals surface area contributed by atoms with Crippen LogP contribution in [-0.2, 0) is 21.4 Å². The molecule has 0 radical (unpaired) electrons. The van der Waals surface area contributed by atoms with Crippen LogP contribution in [0.2, 0.25) is 0 Å². The van der Waals surface area contributed by atoms with Crippen LogP contribution in [0.3, 0.4) is 0 Å². The Hall–Kier alpha value is -2.18. The number of fused-ring (bicyclic) bond motifs is 1. The molecule has 0 aliphatic carbocycles. The molecule has 0 aromatic heterocycles. The first kappa shape index (κ1) is 19.6. The third-order valence-electron chi connectivity index (χ3n) is 4.89. The van der Waals surface area contributed by atoms with Gasteiger partial charge in [0.1, 0.15) is 0 Å². The van der Waals surface area contributed by atoms with E-state index < -0.39 is 0 Å². The Morgan fingerprint density at radius 3 is 2.70 bits per heavy atom. The Bertz CT molecular complexity index is 887. The van der Waals surface area contributed by atoms with E-state index in [1.54, 1.807) is 0 Å². The van der Waals surface area contributed by atoms with Gasteiger partial charge in [0.15, 0.2) is 0 Å². The van der Waals surface area contributed by atoms with Gasteiger partial charge in [0, 0.05) is 22.4 Å². The first-order chi connectivity index (χ1) is 13.0. The summed E-state index contributed by atoms with van der Waals surface area (Å²) in [5.74, 6) is 7.62. The molecule has 2 aromatic rings. The maximum atomic E-state index is 11.5. The summed E-state index contributed by atoms with van der Waals surface area (Å²) in [5.41, 5.74) is 4.76. The normalized spacial score (nSPS) is 14.6. The lowest BCUT2D eigenvalue weighted by Crippen LogP contribution is -2.22. The lowest BCUT2D eigenvalue weighted by Gasteiger charge is -2.32. The summed E-state index contributed by atoms with van der Waals surface area (Å²) in [7, 11) is 0. The Morgan fingerprint density at radius 2 is 1.93 bits per heavy atom. The molecule has 3 rings (SSSR count). The molecule has 0 unspecified atom stereocenters. The van der Waals surface area contributed by atoms with Crippen LogP contribution in [0.15, 0.2) is 47.4 Å². The summed E-state index contributed by atoms with van der Waals surface area (Å²) in [6, 6.07) is 14.7. The third-order valence-corrected chi connectivity index (χ3v) is 5.97. The van der Waals surface area contributed by atoms with Crippen molar-refractivity contribution in [2.24, 2.45) is 0 Å². The minimum Gasteiger partial charge on any atom is -0.466 e. The number of ether oxygens (including phenoxy) is 1. The van der Waals surface area contributed by atoms with Crippen molar-refractivity contribution in [3.63, 3.8) is 0 Å². The summed E-state index contributed by atoms with van der Waals surface area (Å²) in [6.07, 6.45) is 2.28. The van der Waals surface area contributed by atoms with E-state index >= 15 is 0 Å². The molecule has 0 N–H and O–H groups in total. The van der Waals surface area contributed by atoms with Gasteiger partial charge in [-0.15, -0.1) is 11.8 Å². The zero-order valence-corrected chi connectivity index (χ0v) is 17.1. The van der Waals surface area contributed by atoms with Gasteiger partial charge in [0.05, 0.1) is 6.61 Å². The highest BCUT2D eigenvalue weighted by Gasteiger charge is 2.27. The van der Waals surface area contributed by atoms with Crippen LogP contribution in [-0.4, -0.2) is 18.3 Å². The first-order valence-corrected chi connectivity index (χ1v) is 10.5. The smallest absolute Gasteiger partial charge is 0.306 e. The number of carbonyl (C=O) groups is 1. The van der Waals surface area contributed by atoms with E-state index in [-0.39, 0.29) is 11.4 Å². The van der Waals surface area contributed by atoms with Crippen LogP contribution >= 0.6 is 11.8 Å². The topological polar surface area (TPSA) is 26.3 Å². The summed E-state index contributed by atoms with van der Waals surface area (Å²) in [4.78, 5) is 12.9. The number of thioether (sulfide) groups is 1. The van der Waals surface area contributed by atoms with Crippen molar-refractivity contribution in [3.05, 3.63) is 64.7 Å². The fourth-order valence-corrected chi connectivity index (χ4v) is 4.73. The van der Waals surface area contributed by atoms with E-state index in [0.717, 1.165) is 16.7 Å². The molecule has 0 saturated carbocycles. The second kappa shape index (κ2) is 8.67. The van der Waals surface area contributed by atoms with Crippen molar-refractivity contribution in [2.75, 3.05) is 12.4 Å². The van der Waals surface area contributed by atoms with Crippen LogP contribution in [0.25, 0.3) is 0 Å². The molecule has 1 aliphatic rings. The van der Waals surface area contributed by atoms with Crippen molar-refractivity contribution >= 4 is 17.7 Å². The van der Waals surface area contributed by atoms with Crippen LogP contribution < -0.4 is 0 Å². The summed E-state index contributed by atoms with van der Waals surface area (Å²) < 4.78 is 4.99. The minimum absolute atomic E-state index is 0.150. The number of aryl methyl sites for hydroxylation is 1. The summed E-state index contributed by atoms with van der Waals surface area (Å²) >= 11 is 1.94. The lowest BCUT2D eigenvalue weighted by molar-refractivity contribution is -0.143. The Balaban J connectivity index is 1.74. The maximum absolute atomic E-state index is 11.5. The predicted molar refractivity (Wildman–Crippen MR) is 112 cm³/mol. The fraction of sp³-hybridized carbons (Fsp3) is 0.375. The molecule has 27 heavy (non-hydrogen) atoms. The third kappa shape index (κ3) is 5.17. The highest BCUT2D eigenvalue weighted by atomic mass is 32.2. The van der Waals surface area contributed by atoms with Gasteiger partial charge in [-0.2, -0.15) is 0 Å². The van der Waals surface area contributed by atoms with Crippen LogP contribution in [0.1, 0.15) is 55.9 Å². The molecule has 2 nitrogen and oxygen atoms in total. The highest BCUT2D eigenvalue weighted by Crippen LogP contribution is 2.41. The molecule has 0 spiro atoms. The summed E-state index contributed by atoms with van der Waals surface area (Å²) in [5, 5.41) is 0. The van der Waals surface area contributed by atoms with Gasteiger partial charge in [0.2, 0.25) is 0 Å². The number of hydrogen-bond donors (Lipinski definition) is 0. The van der Waals surface area contributed by atoms with Gasteiger partial charge < -0.3 is 4.74 Å². The number of rotatable bonds is 4. The van der Waals surface area contributed by atoms with Crippen LogP contribution in [0.4, 0.5) is 0 Å². The molecular formula is C24H26O2S. The fourth-order valence-electron chi connectivity index (χ4n) is 3.24. The molecule has 0 atom stereocenters. The predicted octanol–water partition coefficient (Wildman–Crippen LogP) is 5.36. The van der Waals surface area contributed by atoms with Crippen molar-refractivity contribution in [2.45, 2.75) is 50.3 Å². The van der Waals surface area contributed by atoms with Crippen LogP contribution in [0.5, 0.6) is 0 Å². The van der Waals surface area contributed by atoms with E-state index in [9.17, 15) is 4.79 Å². The second-order valence-electron chi connectivity index (χ2n) is 7.45. The molecule has 140 valence electrons. The van der Waals surface area contributed by atoms with Gasteiger partial charge in [-0.05, 0) is 72.4 Å². The quantitative estimate of drug-likeness (QED) is 0.529. The molecule has 0 saturated heterocycles. The van der Waals surface area contributed by atoms with E-state index in [0.29, 0.717) is 19.4 Å². The number of benzene rings is 2. The van der Waals surface area contributed by atoms with Gasteiger partial charge in [-0.1, -0.05) is 37.8 Å². The van der Waals surface area contributed by atoms with E-state index in [1.165, 1.54) is 22.6 Å². The molecule has 3 heteroatoms. The standard InChI is InChI=1S/C24H26O2S/c1-4-26-23(25)13-11-19-7-5-6-18(16-19)8-9-20-10-12-22-21(17-20)24(2,3)14-15-27-22/h5-7,10,12,16-17H,4,11,13-15H2,1-3H3. The molecular weight excluding hydrogens is 352 g/mol. The minimum atomic E-state index is -0.150. The number of esters is 1. The van der Waals surface area contributed by atoms with Crippen molar-refractivity contribution in [1.29, 1.82) is 0 Å². The largest absolute Gasteiger partial charge is 0.466 e. The van der Waals surface area contributed by atoms with E-state index in [4.69, 9.17) is 4.74 Å². The van der Waals surface area contributed by atoms with Crippen molar-refractivity contribution in [1.82, 2.24) is 0 Å². The van der Waals surface area contributed by atoms with Crippen LogP contribution in [0, 0.1) is 11.8 Å². The van der Waals surface area contributed by atoms with Gasteiger partial charge in [-0.3, -0.25) is 4.79 Å². The van der Waals surface area contributed by atoms with Gasteiger partial charge in [-0.25, -0.2) is 0 Å². The second-order valence-corrected chi connectivity index (χ2v) is 8.59. The monoisotopic (exact) mass is 378 g/mol. The van der Waals surface area contributed by atoms with Crippen molar-refractivity contribution < 1.29 is 9.53 Å². The molecule has 1 heterocycles. The van der Waals surface area contributed by atoms with Gasteiger partial charge in [0.25, 0.3) is 0 Å². The maximum Gasteiger partial charge on any atom is 0.306 e. The number of hydrogen-bond acceptors (Lipinski definition) is 3. The van der Waals surface area contributed by atoms with Gasteiger partial charge >= 0.3 is 5.97 Å². The molecule has 2 aromatic carbocycles. The van der Waals surface area contributed by atoms with E-state index in [1.807, 2.05) is 36.9 Å². The molecule has 1 aliphatic heterocycles. The molecule has 0 bridgehead atoms. The lowest BCUT2D eigenvalue weighted by atomic mass is 9.81. The molecule has 0 fully saturated rings. The highest BCUT2D eigenvalue weighted by molar-refractivity contribution is 7.99. The number of carbonyl (C=O) groups excluding carboxylic acids is 1.